The molecule has 0 aliphatic heterocycles. The van der Waals surface area contributed by atoms with Crippen LogP contribution in [0.15, 0.2) is 29.4 Å². The van der Waals surface area contributed by atoms with E-state index < -0.39 is 0 Å². The summed E-state index contributed by atoms with van der Waals surface area (Å²) in [6.45, 7) is 13.1. The highest BCUT2D eigenvalue weighted by Crippen LogP contribution is 2.26. The number of primary amides is 1. The summed E-state index contributed by atoms with van der Waals surface area (Å²) in [5, 5.41) is 9.24. The molecule has 3 aromatic rings. The molecule has 1 aromatic carbocycles. The summed E-state index contributed by atoms with van der Waals surface area (Å²) in [5.41, 5.74) is 11.5. The van der Waals surface area contributed by atoms with Crippen LogP contribution in [0.4, 0.5) is 0 Å². The van der Waals surface area contributed by atoms with E-state index in [9.17, 15) is 9.59 Å². The Hall–Kier alpha value is -2.87. The predicted octanol–water partition coefficient (Wildman–Crippen LogP) is 4.35. The van der Waals surface area contributed by atoms with Crippen molar-refractivity contribution in [1.29, 1.82) is 0 Å². The number of ketones is 1. The highest BCUT2D eigenvalue weighted by molar-refractivity contribution is 7.99. The van der Waals surface area contributed by atoms with Crippen LogP contribution >= 0.6 is 11.8 Å². The molecule has 0 aliphatic carbocycles. The van der Waals surface area contributed by atoms with Crippen molar-refractivity contribution in [3.05, 3.63) is 58.2 Å². The van der Waals surface area contributed by atoms with Crippen LogP contribution in [0.25, 0.3) is 5.69 Å². The smallest absolute Gasteiger partial charge is 0.217 e. The molecule has 1 amide bonds. The van der Waals surface area contributed by atoms with E-state index in [1.165, 1.54) is 22.9 Å². The number of hydrogen-bond acceptors (Lipinski definition) is 5. The number of thioether (sulfide) groups is 1. The zero-order valence-electron chi connectivity index (χ0n) is 20.3. The van der Waals surface area contributed by atoms with E-state index in [4.69, 9.17) is 5.73 Å². The largest absolute Gasteiger partial charge is 0.370 e. The van der Waals surface area contributed by atoms with Crippen molar-refractivity contribution in [1.82, 2.24) is 19.3 Å². The Morgan fingerprint density at radius 1 is 1.03 bits per heavy atom. The van der Waals surface area contributed by atoms with Crippen molar-refractivity contribution in [2.45, 2.75) is 66.1 Å². The first-order valence-electron chi connectivity index (χ1n) is 11.2. The molecule has 33 heavy (non-hydrogen) atoms. The molecule has 0 aliphatic rings. The molecule has 0 fully saturated rings. The normalized spacial score (nSPS) is 11.4. The van der Waals surface area contributed by atoms with Gasteiger partial charge in [0.05, 0.1) is 5.75 Å². The molecule has 0 radical (unpaired) electrons. The third-order valence-corrected chi connectivity index (χ3v) is 6.43. The van der Waals surface area contributed by atoms with Gasteiger partial charge in [0.15, 0.2) is 10.9 Å². The maximum absolute atomic E-state index is 13.2. The number of benzene rings is 1. The molecular weight excluding hydrogens is 434 g/mol. The first kappa shape index (κ1) is 24.8. The molecule has 0 unspecified atom stereocenters. The lowest BCUT2D eigenvalue weighted by Gasteiger charge is -2.13. The fourth-order valence-electron chi connectivity index (χ4n) is 4.12. The van der Waals surface area contributed by atoms with Crippen molar-refractivity contribution in [2.75, 3.05) is 5.75 Å². The summed E-state index contributed by atoms with van der Waals surface area (Å²) in [4.78, 5) is 24.4. The van der Waals surface area contributed by atoms with Gasteiger partial charge in [0.1, 0.15) is 5.82 Å². The molecule has 0 saturated heterocycles. The number of aromatic nitrogens is 4. The van der Waals surface area contributed by atoms with Crippen LogP contribution in [0.5, 0.6) is 0 Å². The lowest BCUT2D eigenvalue weighted by molar-refractivity contribution is -0.118. The van der Waals surface area contributed by atoms with E-state index in [-0.39, 0.29) is 23.9 Å². The van der Waals surface area contributed by atoms with E-state index in [0.29, 0.717) is 17.5 Å². The Balaban J connectivity index is 1.81. The second-order valence-corrected chi connectivity index (χ2v) is 9.99. The zero-order valence-corrected chi connectivity index (χ0v) is 21.1. The van der Waals surface area contributed by atoms with E-state index in [1.54, 1.807) is 0 Å². The maximum Gasteiger partial charge on any atom is 0.217 e. The minimum atomic E-state index is -0.363. The lowest BCUT2D eigenvalue weighted by atomic mass is 10.1. The number of amides is 1. The van der Waals surface area contributed by atoms with Crippen LogP contribution < -0.4 is 5.73 Å². The summed E-state index contributed by atoms with van der Waals surface area (Å²) in [5.74, 6) is 1.06. The summed E-state index contributed by atoms with van der Waals surface area (Å²) in [6, 6.07) is 8.38. The Kier molecular flexibility index (Phi) is 7.79. The number of hydrogen-bond donors (Lipinski definition) is 1. The van der Waals surface area contributed by atoms with Gasteiger partial charge in [0.25, 0.3) is 0 Å². The molecule has 2 N–H and O–H groups in total. The topological polar surface area (TPSA) is 95.8 Å². The standard InChI is InChI=1S/C25H33N5O2S/c1-15(2)13-29-24(8-7-23(26)32)27-28-25(29)33-14-22(31)21-12-18(5)30(19(21)6)20-10-16(3)9-17(4)11-20/h9-12,15H,7-8,13-14H2,1-6H3,(H2,26,32). The van der Waals surface area contributed by atoms with Gasteiger partial charge >= 0.3 is 0 Å². The van der Waals surface area contributed by atoms with Crippen molar-refractivity contribution in [3.8, 4) is 5.69 Å². The highest BCUT2D eigenvalue weighted by atomic mass is 32.2. The number of nitrogens with zero attached hydrogens (tertiary/aromatic N) is 4. The number of aryl methyl sites for hydroxylation is 4. The minimum Gasteiger partial charge on any atom is -0.370 e. The van der Waals surface area contributed by atoms with Crippen LogP contribution in [0.3, 0.4) is 0 Å². The minimum absolute atomic E-state index is 0.0570. The van der Waals surface area contributed by atoms with E-state index in [2.05, 4.69) is 60.7 Å². The van der Waals surface area contributed by atoms with Gasteiger partial charge < -0.3 is 14.9 Å². The van der Waals surface area contributed by atoms with E-state index in [0.717, 1.165) is 35.0 Å². The van der Waals surface area contributed by atoms with Crippen molar-refractivity contribution < 1.29 is 9.59 Å². The van der Waals surface area contributed by atoms with Crippen LogP contribution in [-0.4, -0.2) is 36.8 Å². The molecular formula is C25H33N5O2S. The molecule has 8 heteroatoms. The summed E-state index contributed by atoms with van der Waals surface area (Å²) >= 11 is 1.39. The Labute approximate surface area is 199 Å². The Morgan fingerprint density at radius 2 is 1.70 bits per heavy atom. The van der Waals surface area contributed by atoms with Gasteiger partial charge in [-0.1, -0.05) is 31.7 Å². The Bertz CT molecular complexity index is 1160. The molecule has 0 atom stereocenters. The lowest BCUT2D eigenvalue weighted by Crippen LogP contribution is -2.15. The van der Waals surface area contributed by atoms with Gasteiger partial charge in [-0.25, -0.2) is 0 Å². The molecule has 0 saturated carbocycles. The fraction of sp³-hybridized carbons (Fsp3) is 0.440. The van der Waals surface area contributed by atoms with E-state index in [1.807, 2.05) is 24.5 Å². The molecule has 2 aromatic heterocycles. The third kappa shape index (κ3) is 5.93. The van der Waals surface area contributed by atoms with Gasteiger partial charge in [-0.15, -0.1) is 10.2 Å². The van der Waals surface area contributed by atoms with Gasteiger partial charge in [0, 0.05) is 42.0 Å². The van der Waals surface area contributed by atoms with Crippen molar-refractivity contribution >= 4 is 23.5 Å². The van der Waals surface area contributed by atoms with Crippen LogP contribution in [0, 0.1) is 33.6 Å². The van der Waals surface area contributed by atoms with Crippen molar-refractivity contribution in [2.24, 2.45) is 11.7 Å². The highest BCUT2D eigenvalue weighted by Gasteiger charge is 2.20. The fourth-order valence-corrected chi connectivity index (χ4v) is 4.97. The molecule has 0 bridgehead atoms. The molecule has 0 spiro atoms. The van der Waals surface area contributed by atoms with Gasteiger partial charge in [-0.3, -0.25) is 9.59 Å². The second-order valence-electron chi connectivity index (χ2n) is 9.05. The summed E-state index contributed by atoms with van der Waals surface area (Å²) < 4.78 is 4.14. The number of carbonyl (C=O) groups excluding carboxylic acids is 2. The number of nitrogens with two attached hydrogens (primary N) is 1. The number of Topliss-reactive ketones (excluding diaryl/α,β-unsaturated/α-hetero) is 1. The summed E-state index contributed by atoms with van der Waals surface area (Å²) in [6.07, 6.45) is 0.671. The molecule has 2 heterocycles. The Morgan fingerprint density at radius 3 is 2.30 bits per heavy atom. The first-order chi connectivity index (χ1) is 15.6. The monoisotopic (exact) mass is 467 g/mol. The van der Waals surface area contributed by atoms with Crippen LogP contribution in [0.1, 0.15) is 59.0 Å². The second kappa shape index (κ2) is 10.4. The predicted molar refractivity (Wildman–Crippen MR) is 132 cm³/mol. The van der Waals surface area contributed by atoms with Crippen LogP contribution in [-0.2, 0) is 17.8 Å². The molecule has 3 rings (SSSR count). The maximum atomic E-state index is 13.2. The van der Waals surface area contributed by atoms with Crippen molar-refractivity contribution in [3.63, 3.8) is 0 Å². The molecule has 7 nitrogen and oxygen atoms in total. The molecule has 176 valence electrons. The average Bonchev–Trinajstić information content (AvgIpc) is 3.22. The van der Waals surface area contributed by atoms with Crippen LogP contribution in [0.2, 0.25) is 0 Å². The van der Waals surface area contributed by atoms with Gasteiger partial charge in [-0.2, -0.15) is 0 Å². The quantitative estimate of drug-likeness (QED) is 0.353. The number of carbonyl (C=O) groups is 2. The van der Waals surface area contributed by atoms with Gasteiger partial charge in [-0.05, 0) is 62.9 Å². The summed E-state index contributed by atoms with van der Waals surface area (Å²) in [7, 11) is 0. The SMILES string of the molecule is Cc1cc(C)cc(-n2c(C)cc(C(=O)CSc3nnc(CCC(N)=O)n3CC(C)C)c2C)c1. The zero-order chi connectivity index (χ0) is 24.3. The first-order valence-corrected chi connectivity index (χ1v) is 12.2. The number of rotatable bonds is 10. The van der Waals surface area contributed by atoms with Gasteiger partial charge in [0.2, 0.25) is 5.91 Å². The van der Waals surface area contributed by atoms with E-state index >= 15 is 0 Å². The average molecular weight is 468 g/mol. The third-order valence-electron chi connectivity index (χ3n) is 5.46.